The second kappa shape index (κ2) is 6.16. The third-order valence-corrected chi connectivity index (χ3v) is 6.60. The van der Waals surface area contributed by atoms with E-state index < -0.39 is 0 Å². The highest BCUT2D eigenvalue weighted by molar-refractivity contribution is 5.81. The van der Waals surface area contributed by atoms with Crippen molar-refractivity contribution in [3.63, 3.8) is 0 Å². The number of ether oxygens (including phenoxy) is 2. The third kappa shape index (κ3) is 2.39. The summed E-state index contributed by atoms with van der Waals surface area (Å²) < 4.78 is 10.8. The van der Waals surface area contributed by atoms with Crippen LogP contribution in [0.2, 0.25) is 0 Å². The Morgan fingerprint density at radius 1 is 1.33 bits per heavy atom. The standard InChI is InChI=1S/C20H27NO3/c1-23-10-9-21-8-7-20-13-15(22)4-6-17(20)19(21)11-14-3-5-16(24-2)12-18(14)20/h3,5,12,17,19H,4,6-11,13H2,1-2H3/t17-,19+,20-/m1/s1. The molecule has 2 aliphatic carbocycles. The number of carbonyl (C=O) groups excluding carboxylic acids is 1. The molecule has 1 saturated heterocycles. The van der Waals surface area contributed by atoms with E-state index in [1.807, 2.05) is 0 Å². The minimum Gasteiger partial charge on any atom is -0.497 e. The lowest BCUT2D eigenvalue weighted by Gasteiger charge is -2.58. The molecule has 0 spiro atoms. The van der Waals surface area contributed by atoms with Gasteiger partial charge in [-0.2, -0.15) is 0 Å². The van der Waals surface area contributed by atoms with Gasteiger partial charge in [0.1, 0.15) is 11.5 Å². The Hall–Kier alpha value is -1.39. The summed E-state index contributed by atoms with van der Waals surface area (Å²) in [4.78, 5) is 15.0. The van der Waals surface area contributed by atoms with Gasteiger partial charge in [0.15, 0.2) is 0 Å². The van der Waals surface area contributed by atoms with Crippen LogP contribution in [0.1, 0.15) is 36.8 Å². The van der Waals surface area contributed by atoms with Crippen LogP contribution in [0, 0.1) is 5.92 Å². The Bertz CT molecular complexity index is 644. The summed E-state index contributed by atoms with van der Waals surface area (Å²) in [6.45, 7) is 2.84. The van der Waals surface area contributed by atoms with Gasteiger partial charge in [-0.3, -0.25) is 9.69 Å². The number of methoxy groups -OCH3 is 2. The highest BCUT2D eigenvalue weighted by Crippen LogP contribution is 2.55. The summed E-state index contributed by atoms with van der Waals surface area (Å²) in [7, 11) is 3.50. The average Bonchev–Trinajstić information content (AvgIpc) is 2.60. The van der Waals surface area contributed by atoms with E-state index in [1.165, 1.54) is 11.1 Å². The van der Waals surface area contributed by atoms with E-state index in [0.717, 1.165) is 51.1 Å². The Balaban J connectivity index is 1.77. The number of likely N-dealkylation sites (tertiary alicyclic amines) is 1. The van der Waals surface area contributed by atoms with Gasteiger partial charge >= 0.3 is 0 Å². The maximum absolute atomic E-state index is 12.4. The largest absolute Gasteiger partial charge is 0.497 e. The molecule has 0 unspecified atom stereocenters. The Kier molecular flexibility index (Phi) is 4.13. The third-order valence-electron chi connectivity index (χ3n) is 6.60. The van der Waals surface area contributed by atoms with Crippen molar-refractivity contribution in [3.8, 4) is 5.75 Å². The number of carbonyl (C=O) groups is 1. The summed E-state index contributed by atoms with van der Waals surface area (Å²) in [5, 5.41) is 0. The molecule has 4 nitrogen and oxygen atoms in total. The number of Topliss-reactive ketones (excluding diaryl/α,β-unsaturated/α-hetero) is 1. The zero-order valence-electron chi connectivity index (χ0n) is 14.7. The van der Waals surface area contributed by atoms with Crippen molar-refractivity contribution in [2.24, 2.45) is 5.92 Å². The maximum atomic E-state index is 12.4. The number of hydrogen-bond acceptors (Lipinski definition) is 4. The van der Waals surface area contributed by atoms with E-state index in [1.54, 1.807) is 14.2 Å². The fraction of sp³-hybridized carbons (Fsp3) is 0.650. The van der Waals surface area contributed by atoms with Gasteiger partial charge in [-0.05, 0) is 55.0 Å². The van der Waals surface area contributed by atoms with Gasteiger partial charge in [0.25, 0.3) is 0 Å². The minimum absolute atomic E-state index is 0.0334. The molecule has 3 atom stereocenters. The van der Waals surface area contributed by atoms with Crippen molar-refractivity contribution in [1.29, 1.82) is 0 Å². The van der Waals surface area contributed by atoms with Crippen LogP contribution in [0.5, 0.6) is 5.75 Å². The molecule has 1 aromatic carbocycles. The summed E-state index contributed by atoms with van der Waals surface area (Å²) >= 11 is 0. The highest BCUT2D eigenvalue weighted by atomic mass is 16.5. The first-order valence-corrected chi connectivity index (χ1v) is 9.10. The van der Waals surface area contributed by atoms with Crippen LogP contribution in [-0.4, -0.2) is 50.6 Å². The van der Waals surface area contributed by atoms with Crippen LogP contribution in [0.15, 0.2) is 18.2 Å². The molecule has 1 saturated carbocycles. The van der Waals surface area contributed by atoms with E-state index in [0.29, 0.717) is 24.2 Å². The molecule has 3 aliphatic rings. The molecule has 2 bridgehead atoms. The number of nitrogens with zero attached hydrogens (tertiary/aromatic N) is 1. The number of ketones is 1. The van der Waals surface area contributed by atoms with Gasteiger partial charge in [0.2, 0.25) is 0 Å². The summed E-state index contributed by atoms with van der Waals surface area (Å²) in [5.74, 6) is 1.94. The fourth-order valence-corrected chi connectivity index (χ4v) is 5.50. The predicted molar refractivity (Wildman–Crippen MR) is 92.6 cm³/mol. The lowest BCUT2D eigenvalue weighted by Crippen LogP contribution is -2.62. The zero-order valence-corrected chi connectivity index (χ0v) is 14.7. The smallest absolute Gasteiger partial charge is 0.133 e. The number of fused-ring (bicyclic) bond motifs is 1. The molecule has 0 aromatic heterocycles. The monoisotopic (exact) mass is 329 g/mol. The van der Waals surface area contributed by atoms with E-state index >= 15 is 0 Å². The lowest BCUT2D eigenvalue weighted by molar-refractivity contribution is -0.127. The molecule has 1 aliphatic heterocycles. The van der Waals surface area contributed by atoms with Gasteiger partial charge in [0.05, 0.1) is 13.7 Å². The van der Waals surface area contributed by atoms with Crippen molar-refractivity contribution in [2.75, 3.05) is 33.9 Å². The number of rotatable bonds is 4. The number of piperidine rings is 1. The maximum Gasteiger partial charge on any atom is 0.133 e. The van der Waals surface area contributed by atoms with Gasteiger partial charge in [-0.15, -0.1) is 0 Å². The van der Waals surface area contributed by atoms with Gasteiger partial charge in [-0.25, -0.2) is 0 Å². The van der Waals surface area contributed by atoms with E-state index in [4.69, 9.17) is 9.47 Å². The fourth-order valence-electron chi connectivity index (χ4n) is 5.50. The van der Waals surface area contributed by atoms with Crippen molar-refractivity contribution >= 4 is 5.78 Å². The van der Waals surface area contributed by atoms with E-state index in [-0.39, 0.29) is 5.41 Å². The van der Waals surface area contributed by atoms with Crippen molar-refractivity contribution in [3.05, 3.63) is 29.3 Å². The van der Waals surface area contributed by atoms with Gasteiger partial charge in [0, 0.05) is 38.0 Å². The first kappa shape index (κ1) is 16.1. The normalized spacial score (nSPS) is 32.2. The summed E-state index contributed by atoms with van der Waals surface area (Å²) in [6, 6.07) is 7.04. The van der Waals surface area contributed by atoms with Crippen LogP contribution in [-0.2, 0) is 21.4 Å². The zero-order chi connectivity index (χ0) is 16.7. The average molecular weight is 329 g/mol. The summed E-state index contributed by atoms with van der Waals surface area (Å²) in [6.07, 6.45) is 4.66. The van der Waals surface area contributed by atoms with Crippen molar-refractivity contribution in [1.82, 2.24) is 4.90 Å². The van der Waals surface area contributed by atoms with Crippen LogP contribution < -0.4 is 4.74 Å². The molecule has 1 heterocycles. The molecule has 4 heteroatoms. The molecule has 0 N–H and O–H groups in total. The molecule has 4 rings (SSSR count). The van der Waals surface area contributed by atoms with Crippen molar-refractivity contribution in [2.45, 2.75) is 43.6 Å². The summed E-state index contributed by atoms with van der Waals surface area (Å²) in [5.41, 5.74) is 2.84. The molecule has 0 radical (unpaired) electrons. The van der Waals surface area contributed by atoms with Crippen LogP contribution in [0.4, 0.5) is 0 Å². The first-order valence-electron chi connectivity index (χ1n) is 9.10. The van der Waals surface area contributed by atoms with Gasteiger partial charge in [-0.1, -0.05) is 6.07 Å². The second-order valence-electron chi connectivity index (χ2n) is 7.59. The Morgan fingerprint density at radius 3 is 3.00 bits per heavy atom. The molecular formula is C20H27NO3. The number of benzene rings is 1. The van der Waals surface area contributed by atoms with Crippen LogP contribution in [0.25, 0.3) is 0 Å². The predicted octanol–water partition coefficient (Wildman–Crippen LogP) is 2.58. The number of hydrogen-bond donors (Lipinski definition) is 0. The quantitative estimate of drug-likeness (QED) is 0.851. The molecule has 24 heavy (non-hydrogen) atoms. The topological polar surface area (TPSA) is 38.8 Å². The Labute approximate surface area is 144 Å². The van der Waals surface area contributed by atoms with Crippen LogP contribution in [0.3, 0.4) is 0 Å². The first-order chi connectivity index (χ1) is 11.7. The van der Waals surface area contributed by atoms with Crippen molar-refractivity contribution < 1.29 is 14.3 Å². The van der Waals surface area contributed by atoms with E-state index in [2.05, 4.69) is 23.1 Å². The minimum atomic E-state index is 0.0334. The second-order valence-corrected chi connectivity index (χ2v) is 7.59. The Morgan fingerprint density at radius 2 is 2.21 bits per heavy atom. The highest BCUT2D eigenvalue weighted by Gasteiger charge is 2.55. The SMILES string of the molecule is COCCN1CC[C@@]23CC(=O)CC[C@@H]2[C@@H]1Cc1ccc(OC)cc13. The molecule has 2 fully saturated rings. The van der Waals surface area contributed by atoms with E-state index in [9.17, 15) is 4.79 Å². The van der Waals surface area contributed by atoms with Crippen LogP contribution >= 0.6 is 0 Å². The molecule has 130 valence electrons. The molecule has 0 amide bonds. The van der Waals surface area contributed by atoms with Gasteiger partial charge < -0.3 is 9.47 Å². The molecular weight excluding hydrogens is 302 g/mol. The lowest BCUT2D eigenvalue weighted by atomic mass is 9.52. The molecule has 1 aromatic rings.